The van der Waals surface area contributed by atoms with Gasteiger partial charge in [0.1, 0.15) is 31.6 Å². The molecule has 0 fully saturated rings. The molecule has 9 nitrogen and oxygen atoms in total. The Bertz CT molecular complexity index is 1520. The van der Waals surface area contributed by atoms with Crippen molar-refractivity contribution in [3.8, 4) is 11.5 Å². The fraction of sp³-hybridized carbons (Fsp3) is 0.286. The third-order valence-corrected chi connectivity index (χ3v) is 8.88. The third kappa shape index (κ3) is 6.86. The number of carbonyl (C=O) groups excluding carboxylic acids is 2. The van der Waals surface area contributed by atoms with Crippen LogP contribution in [-0.2, 0) is 26.2 Å². The van der Waals surface area contributed by atoms with E-state index in [-0.39, 0.29) is 39.5 Å². The molecule has 1 aliphatic rings. The molecule has 218 valence electrons. The number of nitrogens with one attached hydrogen (secondary N) is 1. The van der Waals surface area contributed by atoms with Crippen LogP contribution < -0.4 is 19.1 Å². The lowest BCUT2D eigenvalue weighted by molar-refractivity contribution is -0.139. The van der Waals surface area contributed by atoms with Crippen molar-refractivity contribution in [3.63, 3.8) is 0 Å². The Balaban J connectivity index is 1.75. The van der Waals surface area contributed by atoms with Crippen LogP contribution in [0.25, 0.3) is 0 Å². The van der Waals surface area contributed by atoms with Crippen LogP contribution >= 0.6 is 23.2 Å². The monoisotopic (exact) mass is 623 g/mol. The molecular weight excluding hydrogens is 596 g/mol. The number of likely N-dealkylation sites (N-methyl/N-ethyl adjacent to an activating group) is 1. The topological polar surface area (TPSA) is 105 Å². The molecule has 1 atom stereocenters. The molecule has 0 spiro atoms. The zero-order valence-electron chi connectivity index (χ0n) is 22.3. The number of hydrogen-bond donors (Lipinski definition) is 1. The van der Waals surface area contributed by atoms with Crippen molar-refractivity contribution in [2.24, 2.45) is 0 Å². The van der Waals surface area contributed by atoms with Crippen molar-refractivity contribution in [3.05, 3.63) is 82.1 Å². The summed E-state index contributed by atoms with van der Waals surface area (Å²) < 4.78 is 53.6. The third-order valence-electron chi connectivity index (χ3n) is 6.40. The van der Waals surface area contributed by atoms with Gasteiger partial charge < -0.3 is 19.7 Å². The van der Waals surface area contributed by atoms with Gasteiger partial charge >= 0.3 is 0 Å². The SMILES string of the molecule is CCNC(=O)[C@H](C)N(Cc1c(Cl)cccc1Cl)C(=O)CN(c1ccc(F)cc1)S(=O)(=O)c1ccc2c(c1)OCCO2. The predicted octanol–water partition coefficient (Wildman–Crippen LogP) is 4.65. The van der Waals surface area contributed by atoms with E-state index in [1.54, 1.807) is 25.1 Å². The molecule has 3 aromatic rings. The highest BCUT2D eigenvalue weighted by molar-refractivity contribution is 7.92. The van der Waals surface area contributed by atoms with Crippen molar-refractivity contribution < 1.29 is 31.9 Å². The van der Waals surface area contributed by atoms with Crippen molar-refractivity contribution in [2.45, 2.75) is 31.3 Å². The molecule has 2 amide bonds. The van der Waals surface area contributed by atoms with Crippen LogP contribution in [0.4, 0.5) is 10.1 Å². The normalized spacial score (nSPS) is 13.3. The Kier molecular flexibility index (Phi) is 9.62. The number of carbonyl (C=O) groups is 2. The van der Waals surface area contributed by atoms with Crippen LogP contribution in [0.5, 0.6) is 11.5 Å². The Morgan fingerprint density at radius 1 is 1.00 bits per heavy atom. The van der Waals surface area contributed by atoms with Gasteiger partial charge in [0.25, 0.3) is 10.0 Å². The van der Waals surface area contributed by atoms with E-state index < -0.39 is 40.2 Å². The van der Waals surface area contributed by atoms with Crippen LogP contribution in [0.15, 0.2) is 65.6 Å². The van der Waals surface area contributed by atoms with Gasteiger partial charge in [-0.15, -0.1) is 0 Å². The molecular formula is C28H28Cl2FN3O6S. The molecule has 0 unspecified atom stereocenters. The maximum Gasteiger partial charge on any atom is 0.264 e. The number of ether oxygens (including phenoxy) is 2. The Morgan fingerprint density at radius 2 is 1.63 bits per heavy atom. The number of sulfonamides is 1. The van der Waals surface area contributed by atoms with Gasteiger partial charge in [0.05, 0.1) is 10.6 Å². The summed E-state index contributed by atoms with van der Waals surface area (Å²) in [5, 5.41) is 3.23. The standard InChI is InChI=1S/C28H28Cl2FN3O6S/c1-3-32-28(36)18(2)33(16-22-23(29)5-4-6-24(22)30)27(35)17-34(20-9-7-19(31)8-10-20)41(37,38)21-11-12-25-26(15-21)40-14-13-39-25/h4-12,15,18H,3,13-14,16-17H2,1-2H3,(H,32,36)/t18-/m0/s1. The van der Waals surface area contributed by atoms with E-state index in [4.69, 9.17) is 32.7 Å². The fourth-order valence-corrected chi connectivity index (χ4v) is 6.15. The summed E-state index contributed by atoms with van der Waals surface area (Å²) in [6, 6.07) is 12.6. The van der Waals surface area contributed by atoms with Gasteiger partial charge in [0, 0.05) is 34.8 Å². The van der Waals surface area contributed by atoms with Gasteiger partial charge in [-0.1, -0.05) is 29.3 Å². The fourth-order valence-electron chi connectivity index (χ4n) is 4.21. The van der Waals surface area contributed by atoms with Crippen molar-refractivity contribution in [1.82, 2.24) is 10.2 Å². The molecule has 0 bridgehead atoms. The summed E-state index contributed by atoms with van der Waals surface area (Å²) in [4.78, 5) is 27.8. The molecule has 0 saturated heterocycles. The number of halogens is 3. The number of anilines is 1. The quantitative estimate of drug-likeness (QED) is 0.352. The van der Waals surface area contributed by atoms with Crippen LogP contribution in [-0.4, -0.2) is 57.5 Å². The highest BCUT2D eigenvalue weighted by Crippen LogP contribution is 2.34. The van der Waals surface area contributed by atoms with E-state index >= 15 is 0 Å². The van der Waals surface area contributed by atoms with E-state index in [2.05, 4.69) is 5.32 Å². The average molecular weight is 625 g/mol. The summed E-state index contributed by atoms with van der Waals surface area (Å²) in [6.45, 7) is 3.25. The largest absolute Gasteiger partial charge is 0.486 e. The first-order valence-corrected chi connectivity index (χ1v) is 14.9. The predicted molar refractivity (Wildman–Crippen MR) is 154 cm³/mol. The number of benzene rings is 3. The summed E-state index contributed by atoms with van der Waals surface area (Å²) in [6.07, 6.45) is 0. The molecule has 0 saturated carbocycles. The summed E-state index contributed by atoms with van der Waals surface area (Å²) in [5.41, 5.74) is 0.430. The van der Waals surface area contributed by atoms with Crippen LogP contribution in [0, 0.1) is 5.82 Å². The first-order valence-electron chi connectivity index (χ1n) is 12.7. The molecule has 1 N–H and O–H groups in total. The lowest BCUT2D eigenvalue weighted by Crippen LogP contribution is -2.51. The number of amides is 2. The Morgan fingerprint density at radius 3 is 2.27 bits per heavy atom. The zero-order valence-corrected chi connectivity index (χ0v) is 24.6. The second-order valence-corrected chi connectivity index (χ2v) is 11.8. The maximum atomic E-state index is 14.0. The van der Waals surface area contributed by atoms with E-state index in [0.717, 1.165) is 16.4 Å². The van der Waals surface area contributed by atoms with E-state index in [0.29, 0.717) is 24.5 Å². The van der Waals surface area contributed by atoms with Crippen LogP contribution in [0.1, 0.15) is 19.4 Å². The van der Waals surface area contributed by atoms with Gasteiger partial charge in [-0.05, 0) is 62.4 Å². The minimum absolute atomic E-state index is 0.0380. The lowest BCUT2D eigenvalue weighted by Gasteiger charge is -2.32. The van der Waals surface area contributed by atoms with Gasteiger partial charge in [-0.25, -0.2) is 12.8 Å². The van der Waals surface area contributed by atoms with E-state index in [1.165, 1.54) is 42.2 Å². The number of fused-ring (bicyclic) bond motifs is 1. The molecule has 0 aromatic heterocycles. The van der Waals surface area contributed by atoms with Crippen LogP contribution in [0.3, 0.4) is 0 Å². The second-order valence-electron chi connectivity index (χ2n) is 9.09. The molecule has 0 aliphatic carbocycles. The molecule has 4 rings (SSSR count). The summed E-state index contributed by atoms with van der Waals surface area (Å²) in [5.74, 6) is -1.13. The number of hydrogen-bond acceptors (Lipinski definition) is 6. The summed E-state index contributed by atoms with van der Waals surface area (Å²) >= 11 is 12.7. The average Bonchev–Trinajstić information content (AvgIpc) is 2.95. The highest BCUT2D eigenvalue weighted by Gasteiger charge is 2.33. The van der Waals surface area contributed by atoms with Crippen molar-refractivity contribution >= 4 is 50.7 Å². The van der Waals surface area contributed by atoms with Gasteiger partial charge in [0.2, 0.25) is 11.8 Å². The molecule has 13 heteroatoms. The van der Waals surface area contributed by atoms with Gasteiger partial charge in [-0.3, -0.25) is 13.9 Å². The highest BCUT2D eigenvalue weighted by atomic mass is 35.5. The van der Waals surface area contributed by atoms with Crippen molar-refractivity contribution in [2.75, 3.05) is 30.6 Å². The van der Waals surface area contributed by atoms with Crippen molar-refractivity contribution in [1.29, 1.82) is 0 Å². The van der Waals surface area contributed by atoms with Gasteiger partial charge in [-0.2, -0.15) is 0 Å². The van der Waals surface area contributed by atoms with Crippen LogP contribution in [0.2, 0.25) is 10.0 Å². The molecule has 1 aliphatic heterocycles. The second kappa shape index (κ2) is 13.0. The molecule has 3 aromatic carbocycles. The van der Waals surface area contributed by atoms with Gasteiger partial charge in [0.15, 0.2) is 11.5 Å². The minimum atomic E-state index is -4.40. The molecule has 41 heavy (non-hydrogen) atoms. The smallest absolute Gasteiger partial charge is 0.264 e. The number of rotatable bonds is 10. The van der Waals surface area contributed by atoms with E-state index in [1.807, 2.05) is 0 Å². The Hall–Kier alpha value is -3.54. The minimum Gasteiger partial charge on any atom is -0.486 e. The number of nitrogens with zero attached hydrogens (tertiary/aromatic N) is 2. The zero-order chi connectivity index (χ0) is 29.7. The molecule has 0 radical (unpaired) electrons. The summed E-state index contributed by atoms with van der Waals surface area (Å²) in [7, 11) is -4.40. The first-order chi connectivity index (χ1) is 19.5. The van der Waals surface area contributed by atoms with E-state index in [9.17, 15) is 22.4 Å². The molecule has 1 heterocycles. The lowest BCUT2D eigenvalue weighted by atomic mass is 10.1. The maximum absolute atomic E-state index is 14.0. The first kappa shape index (κ1) is 30.4. The Labute approximate surface area is 247 Å².